The third-order valence-corrected chi connectivity index (χ3v) is 4.41. The molecule has 1 aromatic carbocycles. The summed E-state index contributed by atoms with van der Waals surface area (Å²) in [4.78, 5) is 14.3. The smallest absolute Gasteiger partial charge is 0.229 e. The predicted molar refractivity (Wildman–Crippen MR) is 86.3 cm³/mol. The second-order valence-electron chi connectivity index (χ2n) is 5.63. The summed E-state index contributed by atoms with van der Waals surface area (Å²) in [6.07, 6.45) is 0.874. The molecule has 0 radical (unpaired) electrons. The maximum Gasteiger partial charge on any atom is 0.229 e. The van der Waals surface area contributed by atoms with Crippen LogP contribution in [-0.4, -0.2) is 35.7 Å². The zero-order valence-electron chi connectivity index (χ0n) is 13.0. The van der Waals surface area contributed by atoms with Crippen molar-refractivity contribution in [2.45, 2.75) is 25.9 Å². The Hall–Kier alpha value is -1.85. The first kappa shape index (κ1) is 16.0. The summed E-state index contributed by atoms with van der Waals surface area (Å²) in [7, 11) is 0. The lowest BCUT2D eigenvalue weighted by atomic mass is 10.1. The summed E-state index contributed by atoms with van der Waals surface area (Å²) in [5.74, 6) is 0.103. The minimum absolute atomic E-state index is 0.0604. The van der Waals surface area contributed by atoms with E-state index >= 15 is 0 Å². The molecule has 0 N–H and O–H groups in total. The van der Waals surface area contributed by atoms with Crippen LogP contribution in [0.5, 0.6) is 0 Å². The van der Waals surface area contributed by atoms with Gasteiger partial charge in [-0.3, -0.25) is 4.79 Å². The molecular weight excluding hydrogens is 316 g/mol. The van der Waals surface area contributed by atoms with Crippen LogP contribution in [0.2, 0.25) is 5.22 Å². The van der Waals surface area contributed by atoms with Gasteiger partial charge in [0.1, 0.15) is 6.10 Å². The van der Waals surface area contributed by atoms with Gasteiger partial charge in [0.15, 0.2) is 0 Å². The minimum atomic E-state index is -0.0604. The topological polar surface area (TPSA) is 55.6 Å². The van der Waals surface area contributed by atoms with Gasteiger partial charge in [-0.15, -0.1) is 0 Å². The normalized spacial score (nSPS) is 18.2. The van der Waals surface area contributed by atoms with Gasteiger partial charge in [0.25, 0.3) is 0 Å². The molecule has 0 bridgehead atoms. The van der Waals surface area contributed by atoms with E-state index in [-0.39, 0.29) is 17.2 Å². The van der Waals surface area contributed by atoms with E-state index in [2.05, 4.69) is 5.16 Å². The van der Waals surface area contributed by atoms with E-state index < -0.39 is 0 Å². The van der Waals surface area contributed by atoms with Gasteiger partial charge in [-0.1, -0.05) is 35.5 Å². The molecule has 23 heavy (non-hydrogen) atoms. The Labute approximate surface area is 140 Å². The zero-order valence-corrected chi connectivity index (χ0v) is 13.8. The molecule has 1 aliphatic rings. The molecule has 1 fully saturated rings. The summed E-state index contributed by atoms with van der Waals surface area (Å²) in [5.41, 5.74) is 2.66. The maximum atomic E-state index is 12.5. The Bertz CT molecular complexity index is 652. The molecule has 122 valence electrons. The van der Waals surface area contributed by atoms with Crippen molar-refractivity contribution in [3.05, 3.63) is 52.4 Å². The van der Waals surface area contributed by atoms with Crippen LogP contribution in [-0.2, 0) is 16.0 Å². The molecule has 2 aromatic rings. The Morgan fingerprint density at radius 2 is 2.17 bits per heavy atom. The van der Waals surface area contributed by atoms with Crippen molar-refractivity contribution in [1.29, 1.82) is 0 Å². The molecule has 5 nitrogen and oxygen atoms in total. The molecule has 1 saturated heterocycles. The molecule has 0 saturated carbocycles. The second-order valence-corrected chi connectivity index (χ2v) is 5.97. The van der Waals surface area contributed by atoms with E-state index in [1.807, 2.05) is 42.2 Å². The number of hydrogen-bond donors (Lipinski definition) is 0. The van der Waals surface area contributed by atoms with Crippen molar-refractivity contribution in [3.8, 4) is 0 Å². The van der Waals surface area contributed by atoms with E-state index in [4.69, 9.17) is 20.9 Å². The number of benzene rings is 1. The number of rotatable bonds is 4. The molecule has 1 aromatic heterocycles. The van der Waals surface area contributed by atoms with Gasteiger partial charge in [0.05, 0.1) is 18.8 Å². The van der Waals surface area contributed by atoms with Crippen molar-refractivity contribution in [2.24, 2.45) is 0 Å². The highest BCUT2D eigenvalue weighted by atomic mass is 35.5. The van der Waals surface area contributed by atoms with Gasteiger partial charge < -0.3 is 14.2 Å². The standard InChI is InChI=1S/C17H19ClN2O3/c1-12-14(17(18)23-19-12)7-8-16(21)20-9-10-22-15(11-20)13-5-3-2-4-6-13/h2-6,15H,7-11H2,1H3/t15-/m0/s1. The van der Waals surface area contributed by atoms with Gasteiger partial charge in [-0.05, 0) is 30.5 Å². The molecule has 3 rings (SSSR count). The first-order valence-corrected chi connectivity index (χ1v) is 8.08. The molecule has 6 heteroatoms. The number of aryl methyl sites for hydroxylation is 1. The summed E-state index contributed by atoms with van der Waals surface area (Å²) >= 11 is 5.94. The van der Waals surface area contributed by atoms with Crippen molar-refractivity contribution in [1.82, 2.24) is 10.1 Å². The molecule has 1 atom stereocenters. The predicted octanol–water partition coefficient (Wildman–Crippen LogP) is 3.17. The van der Waals surface area contributed by atoms with Crippen LogP contribution in [0.4, 0.5) is 0 Å². The monoisotopic (exact) mass is 334 g/mol. The Kier molecular flexibility index (Phi) is 4.98. The molecule has 2 heterocycles. The largest absolute Gasteiger partial charge is 0.370 e. The molecule has 0 spiro atoms. The van der Waals surface area contributed by atoms with Crippen LogP contribution in [0.25, 0.3) is 0 Å². The number of amides is 1. The van der Waals surface area contributed by atoms with Gasteiger partial charge in [-0.25, -0.2) is 0 Å². The van der Waals surface area contributed by atoms with Crippen LogP contribution >= 0.6 is 11.6 Å². The quantitative estimate of drug-likeness (QED) is 0.861. The fourth-order valence-corrected chi connectivity index (χ4v) is 3.04. The van der Waals surface area contributed by atoms with Crippen LogP contribution in [0.3, 0.4) is 0 Å². The van der Waals surface area contributed by atoms with E-state index in [0.29, 0.717) is 32.5 Å². The average molecular weight is 335 g/mol. The highest BCUT2D eigenvalue weighted by Crippen LogP contribution is 2.24. The zero-order chi connectivity index (χ0) is 16.2. The first-order chi connectivity index (χ1) is 11.1. The fourth-order valence-electron chi connectivity index (χ4n) is 2.78. The van der Waals surface area contributed by atoms with E-state index in [1.165, 1.54) is 0 Å². The number of carbonyl (C=O) groups is 1. The summed E-state index contributed by atoms with van der Waals surface area (Å²) < 4.78 is 10.7. The lowest BCUT2D eigenvalue weighted by Crippen LogP contribution is -2.42. The number of hydrogen-bond acceptors (Lipinski definition) is 4. The van der Waals surface area contributed by atoms with Crippen molar-refractivity contribution in [3.63, 3.8) is 0 Å². The van der Waals surface area contributed by atoms with Gasteiger partial charge in [-0.2, -0.15) is 0 Å². The molecule has 0 unspecified atom stereocenters. The second kappa shape index (κ2) is 7.15. The van der Waals surface area contributed by atoms with Crippen LogP contribution in [0, 0.1) is 6.92 Å². The third kappa shape index (κ3) is 3.74. The first-order valence-electron chi connectivity index (χ1n) is 7.70. The lowest BCUT2D eigenvalue weighted by Gasteiger charge is -2.33. The van der Waals surface area contributed by atoms with Crippen LogP contribution in [0.15, 0.2) is 34.9 Å². The fraction of sp³-hybridized carbons (Fsp3) is 0.412. The summed E-state index contributed by atoms with van der Waals surface area (Å²) in [6, 6.07) is 9.99. The number of halogens is 1. The summed E-state index contributed by atoms with van der Waals surface area (Å²) in [5, 5.41) is 4.08. The highest BCUT2D eigenvalue weighted by molar-refractivity contribution is 6.29. The average Bonchev–Trinajstić information content (AvgIpc) is 2.92. The van der Waals surface area contributed by atoms with Crippen molar-refractivity contribution in [2.75, 3.05) is 19.7 Å². The highest BCUT2D eigenvalue weighted by Gasteiger charge is 2.25. The van der Waals surface area contributed by atoms with E-state index in [1.54, 1.807) is 0 Å². The number of aromatic nitrogens is 1. The van der Waals surface area contributed by atoms with Crippen molar-refractivity contribution >= 4 is 17.5 Å². The molecule has 0 aliphatic carbocycles. The number of carbonyl (C=O) groups excluding carboxylic acids is 1. The Morgan fingerprint density at radius 3 is 2.87 bits per heavy atom. The SMILES string of the molecule is Cc1noc(Cl)c1CCC(=O)N1CCO[C@H](c2ccccc2)C1. The molecule has 1 amide bonds. The van der Waals surface area contributed by atoms with Crippen LogP contribution < -0.4 is 0 Å². The van der Waals surface area contributed by atoms with E-state index in [0.717, 1.165) is 16.8 Å². The van der Waals surface area contributed by atoms with Gasteiger partial charge in [0, 0.05) is 18.5 Å². The number of nitrogens with zero attached hydrogens (tertiary/aromatic N) is 2. The van der Waals surface area contributed by atoms with Crippen molar-refractivity contribution < 1.29 is 14.1 Å². The van der Waals surface area contributed by atoms with Gasteiger partial charge in [0.2, 0.25) is 11.1 Å². The Balaban J connectivity index is 1.59. The maximum absolute atomic E-state index is 12.5. The summed E-state index contributed by atoms with van der Waals surface area (Å²) in [6.45, 7) is 3.59. The van der Waals surface area contributed by atoms with Crippen LogP contribution in [0.1, 0.15) is 29.3 Å². The third-order valence-electron chi connectivity index (χ3n) is 4.12. The Morgan fingerprint density at radius 1 is 1.39 bits per heavy atom. The lowest BCUT2D eigenvalue weighted by molar-refractivity contribution is -0.139. The number of ether oxygens (including phenoxy) is 1. The minimum Gasteiger partial charge on any atom is -0.370 e. The van der Waals surface area contributed by atoms with E-state index in [9.17, 15) is 4.79 Å². The van der Waals surface area contributed by atoms with Gasteiger partial charge >= 0.3 is 0 Å². The molecule has 1 aliphatic heterocycles. The molecular formula is C17H19ClN2O3. The number of morpholine rings is 1.